The third-order valence-corrected chi connectivity index (χ3v) is 2.14. The second-order valence-corrected chi connectivity index (χ2v) is 3.32. The van der Waals surface area contributed by atoms with Crippen LogP contribution in [0.4, 0.5) is 5.69 Å². The van der Waals surface area contributed by atoms with Crippen molar-refractivity contribution in [3.63, 3.8) is 0 Å². The Kier molecular flexibility index (Phi) is 4.60. The summed E-state index contributed by atoms with van der Waals surface area (Å²) in [7, 11) is 1.18. The van der Waals surface area contributed by atoms with E-state index in [4.69, 9.17) is 5.11 Å². The number of carbonyl (C=O) groups excluding carboxylic acids is 1. The average molecular weight is 263 g/mol. The average Bonchev–Trinajstić information content (AvgIpc) is 2.37. The van der Waals surface area contributed by atoms with Gasteiger partial charge in [-0.3, -0.25) is 14.9 Å². The van der Waals surface area contributed by atoms with E-state index in [1.54, 1.807) is 0 Å². The number of benzene rings is 1. The maximum Gasteiger partial charge on any atom is 0.337 e. The van der Waals surface area contributed by atoms with E-state index in [0.29, 0.717) is 0 Å². The molecule has 0 spiro atoms. The highest BCUT2D eigenvalue weighted by Crippen LogP contribution is 2.21. The lowest BCUT2D eigenvalue weighted by Crippen LogP contribution is -2.03. The van der Waals surface area contributed by atoms with Crippen molar-refractivity contribution in [2.24, 2.45) is 0 Å². The van der Waals surface area contributed by atoms with E-state index in [2.05, 4.69) is 16.6 Å². The first-order valence-corrected chi connectivity index (χ1v) is 5.03. The Bertz CT molecular complexity index is 564. The first-order chi connectivity index (χ1) is 8.97. The fourth-order valence-electron chi connectivity index (χ4n) is 1.28. The second kappa shape index (κ2) is 6.16. The molecule has 19 heavy (non-hydrogen) atoms. The number of carboxylic acid groups (broad SMARTS) is 1. The Labute approximate surface area is 108 Å². The maximum atomic E-state index is 11.0. The van der Waals surface area contributed by atoms with Crippen LogP contribution >= 0.6 is 0 Å². The molecule has 1 aromatic carbocycles. The highest BCUT2D eigenvalue weighted by atomic mass is 16.6. The van der Waals surface area contributed by atoms with Crippen molar-refractivity contribution in [3.8, 4) is 11.8 Å². The zero-order valence-corrected chi connectivity index (χ0v) is 9.87. The van der Waals surface area contributed by atoms with Gasteiger partial charge in [0.2, 0.25) is 0 Å². The molecule has 0 heterocycles. The summed E-state index contributed by atoms with van der Waals surface area (Å²) in [5.74, 6) is 2.75. The normalized spacial score (nSPS) is 9.11. The molecule has 0 aliphatic heterocycles. The number of hydrogen-bond donors (Lipinski definition) is 1. The first-order valence-electron chi connectivity index (χ1n) is 5.03. The van der Waals surface area contributed by atoms with E-state index < -0.39 is 22.5 Å². The monoisotopic (exact) mass is 263 g/mol. The summed E-state index contributed by atoms with van der Waals surface area (Å²) in [4.78, 5) is 31.9. The van der Waals surface area contributed by atoms with Crippen LogP contribution in [0.3, 0.4) is 0 Å². The molecule has 0 aromatic heterocycles. The SMILES string of the molecule is COC(=O)CC#Cc1c(C(=O)O)cccc1[N+](=O)[O-]. The molecule has 0 unspecified atom stereocenters. The van der Waals surface area contributed by atoms with Crippen LogP contribution in [0.15, 0.2) is 18.2 Å². The Morgan fingerprint density at radius 3 is 2.68 bits per heavy atom. The standard InChI is InChI=1S/C12H9NO6/c1-19-11(14)7-3-4-8-9(12(15)16)5-2-6-10(8)13(17)18/h2,5-6H,7H2,1H3,(H,15,16). The fraction of sp³-hybridized carbons (Fsp3) is 0.167. The predicted octanol–water partition coefficient (Wildman–Crippen LogP) is 1.21. The number of methoxy groups -OCH3 is 1. The molecule has 7 heteroatoms. The van der Waals surface area contributed by atoms with Gasteiger partial charge in [0.05, 0.1) is 17.6 Å². The molecule has 0 atom stereocenters. The van der Waals surface area contributed by atoms with E-state index >= 15 is 0 Å². The topological polar surface area (TPSA) is 107 Å². The Morgan fingerprint density at radius 2 is 2.16 bits per heavy atom. The minimum atomic E-state index is -1.33. The van der Waals surface area contributed by atoms with Crippen LogP contribution in [0.2, 0.25) is 0 Å². The molecule has 0 saturated carbocycles. The summed E-state index contributed by atoms with van der Waals surface area (Å²) in [5, 5.41) is 19.7. The van der Waals surface area contributed by atoms with E-state index in [0.717, 1.165) is 6.07 Å². The summed E-state index contributed by atoms with van der Waals surface area (Å²) in [6.45, 7) is 0. The lowest BCUT2D eigenvalue weighted by atomic mass is 10.1. The summed E-state index contributed by atoms with van der Waals surface area (Å²) >= 11 is 0. The van der Waals surface area contributed by atoms with Crippen LogP contribution in [0.1, 0.15) is 22.3 Å². The molecule has 1 rings (SSSR count). The smallest absolute Gasteiger partial charge is 0.337 e. The van der Waals surface area contributed by atoms with E-state index in [1.807, 2.05) is 0 Å². The molecule has 7 nitrogen and oxygen atoms in total. The Hall–Kier alpha value is -2.88. The fourth-order valence-corrected chi connectivity index (χ4v) is 1.28. The maximum absolute atomic E-state index is 11.0. The Morgan fingerprint density at radius 1 is 1.47 bits per heavy atom. The van der Waals surface area contributed by atoms with Crippen LogP contribution in [0.25, 0.3) is 0 Å². The van der Waals surface area contributed by atoms with Crippen LogP contribution in [0.5, 0.6) is 0 Å². The van der Waals surface area contributed by atoms with E-state index in [9.17, 15) is 19.7 Å². The molecule has 0 fully saturated rings. The molecule has 1 aromatic rings. The van der Waals surface area contributed by atoms with Crippen LogP contribution in [-0.4, -0.2) is 29.1 Å². The number of nitro groups is 1. The van der Waals surface area contributed by atoms with Gasteiger partial charge in [0.1, 0.15) is 12.0 Å². The van der Waals surface area contributed by atoms with Gasteiger partial charge in [-0.15, -0.1) is 0 Å². The predicted molar refractivity (Wildman–Crippen MR) is 63.6 cm³/mol. The highest BCUT2D eigenvalue weighted by molar-refractivity contribution is 5.92. The minimum absolute atomic E-state index is 0.232. The van der Waals surface area contributed by atoms with Gasteiger partial charge in [-0.1, -0.05) is 17.9 Å². The largest absolute Gasteiger partial charge is 0.478 e. The Balaban J connectivity index is 3.25. The highest BCUT2D eigenvalue weighted by Gasteiger charge is 2.19. The van der Waals surface area contributed by atoms with Crippen molar-refractivity contribution >= 4 is 17.6 Å². The lowest BCUT2D eigenvalue weighted by Gasteiger charge is -2.00. The van der Waals surface area contributed by atoms with Crippen LogP contribution in [0, 0.1) is 22.0 Å². The molecule has 0 aliphatic rings. The van der Waals surface area contributed by atoms with E-state index in [-0.39, 0.29) is 17.5 Å². The zero-order chi connectivity index (χ0) is 14.4. The summed E-state index contributed by atoms with van der Waals surface area (Å²) in [5.41, 5.74) is -0.937. The molecule has 0 aliphatic carbocycles. The van der Waals surface area contributed by atoms with Crippen LogP contribution in [-0.2, 0) is 9.53 Å². The molecule has 1 N–H and O–H groups in total. The minimum Gasteiger partial charge on any atom is -0.478 e. The second-order valence-electron chi connectivity index (χ2n) is 3.32. The van der Waals surface area contributed by atoms with Gasteiger partial charge in [-0.25, -0.2) is 4.79 Å². The van der Waals surface area contributed by atoms with Gasteiger partial charge >= 0.3 is 11.9 Å². The van der Waals surface area contributed by atoms with Gasteiger partial charge in [-0.2, -0.15) is 0 Å². The molecule has 0 amide bonds. The first kappa shape index (κ1) is 14.2. The van der Waals surface area contributed by atoms with Gasteiger partial charge in [0, 0.05) is 6.07 Å². The quantitative estimate of drug-likeness (QED) is 0.380. The third-order valence-electron chi connectivity index (χ3n) is 2.14. The van der Waals surface area contributed by atoms with Gasteiger partial charge in [0.15, 0.2) is 0 Å². The number of esters is 1. The zero-order valence-electron chi connectivity index (χ0n) is 9.87. The van der Waals surface area contributed by atoms with Crippen molar-refractivity contribution in [2.45, 2.75) is 6.42 Å². The van der Waals surface area contributed by atoms with Crippen molar-refractivity contribution in [1.29, 1.82) is 0 Å². The molecule has 0 saturated heterocycles. The molecule has 0 radical (unpaired) electrons. The number of aromatic carboxylic acids is 1. The molecular weight excluding hydrogens is 254 g/mol. The van der Waals surface area contributed by atoms with Crippen LogP contribution < -0.4 is 0 Å². The number of ether oxygens (including phenoxy) is 1. The number of rotatable bonds is 3. The van der Waals surface area contributed by atoms with Crippen molar-refractivity contribution < 1.29 is 24.4 Å². The number of nitro benzene ring substituents is 1. The van der Waals surface area contributed by atoms with Crippen molar-refractivity contribution in [1.82, 2.24) is 0 Å². The van der Waals surface area contributed by atoms with Crippen molar-refractivity contribution in [2.75, 3.05) is 7.11 Å². The number of carboxylic acids is 1. The third kappa shape index (κ3) is 3.54. The number of carbonyl (C=O) groups is 2. The van der Waals surface area contributed by atoms with Gasteiger partial charge in [-0.05, 0) is 6.07 Å². The molecule has 0 bridgehead atoms. The number of hydrogen-bond acceptors (Lipinski definition) is 5. The van der Waals surface area contributed by atoms with E-state index in [1.165, 1.54) is 19.2 Å². The van der Waals surface area contributed by atoms with Gasteiger partial charge < -0.3 is 9.84 Å². The summed E-state index contributed by atoms with van der Waals surface area (Å²) < 4.78 is 4.35. The van der Waals surface area contributed by atoms with Gasteiger partial charge in [0.25, 0.3) is 5.69 Å². The number of nitrogens with zero attached hydrogens (tertiary/aromatic N) is 1. The molecule has 98 valence electrons. The lowest BCUT2D eigenvalue weighted by molar-refractivity contribution is -0.385. The summed E-state index contributed by atoms with van der Waals surface area (Å²) in [6, 6.07) is 3.61. The van der Waals surface area contributed by atoms with Crippen molar-refractivity contribution in [3.05, 3.63) is 39.4 Å². The molecular formula is C12H9NO6. The summed E-state index contributed by atoms with van der Waals surface area (Å²) in [6.07, 6.45) is -0.276.